The van der Waals surface area contributed by atoms with Crippen molar-refractivity contribution in [3.63, 3.8) is 0 Å². The van der Waals surface area contributed by atoms with Crippen LogP contribution in [0.3, 0.4) is 0 Å². The first-order chi connectivity index (χ1) is 18.1. The van der Waals surface area contributed by atoms with Crippen LogP contribution in [0.1, 0.15) is 54.2 Å². The molecule has 0 aromatic heterocycles. The van der Waals surface area contributed by atoms with E-state index in [9.17, 15) is 23.9 Å². The average molecular weight is 548 g/mol. The number of hydrogen-bond acceptors (Lipinski definition) is 7. The van der Waals surface area contributed by atoms with Crippen LogP contribution >= 0.6 is 11.6 Å². The molecule has 2 atom stereocenters. The molecule has 1 heterocycles. The second-order valence-corrected chi connectivity index (χ2v) is 9.26. The first kappa shape index (κ1) is 28.9. The fourth-order valence-electron chi connectivity index (χ4n) is 4.14. The van der Waals surface area contributed by atoms with Crippen LogP contribution in [0.15, 0.2) is 41.4 Å². The molecule has 204 valence electrons. The maximum Gasteiger partial charge on any atom is 0.337 e. The number of carbonyl (C=O) groups is 3. The molecule has 5 N–H and O–H groups in total. The van der Waals surface area contributed by atoms with Crippen molar-refractivity contribution < 1.29 is 28.7 Å². The summed E-state index contributed by atoms with van der Waals surface area (Å²) < 4.78 is 14.4. The first-order valence-corrected chi connectivity index (χ1v) is 12.6. The molecule has 1 aliphatic heterocycles. The van der Waals surface area contributed by atoms with E-state index in [0.717, 1.165) is 4.90 Å². The normalized spacial score (nSPS) is 16.4. The lowest BCUT2D eigenvalue weighted by Gasteiger charge is -2.27. The summed E-state index contributed by atoms with van der Waals surface area (Å²) in [5.41, 5.74) is 9.44. The molecule has 2 aromatic rings. The molecule has 38 heavy (non-hydrogen) atoms. The Morgan fingerprint density at radius 3 is 2.71 bits per heavy atom. The van der Waals surface area contributed by atoms with E-state index in [4.69, 9.17) is 22.2 Å². The van der Waals surface area contributed by atoms with Crippen LogP contribution in [0, 0.1) is 11.7 Å². The maximum absolute atomic E-state index is 14.4. The van der Waals surface area contributed by atoms with Crippen molar-refractivity contribution in [1.82, 2.24) is 15.7 Å². The van der Waals surface area contributed by atoms with Gasteiger partial charge in [-0.2, -0.15) is 0 Å². The molecule has 1 aliphatic rings. The molecule has 0 unspecified atom stereocenters. The van der Waals surface area contributed by atoms with E-state index in [-0.39, 0.29) is 42.2 Å². The van der Waals surface area contributed by atoms with E-state index in [1.165, 1.54) is 30.3 Å². The summed E-state index contributed by atoms with van der Waals surface area (Å²) >= 11 is 6.02. The minimum absolute atomic E-state index is 0.00794. The quantitative estimate of drug-likeness (QED) is 0.274. The second-order valence-electron chi connectivity index (χ2n) is 8.83. The summed E-state index contributed by atoms with van der Waals surface area (Å²) in [6, 6.07) is 7.33. The molecular formula is C26H31ClFN5O5. The lowest BCUT2D eigenvalue weighted by Crippen LogP contribution is -2.50. The molecule has 0 saturated heterocycles. The minimum Gasteiger partial charge on any atom is -0.478 e. The van der Waals surface area contributed by atoms with Crippen LogP contribution in [0.4, 0.5) is 14.9 Å². The minimum atomic E-state index is -1.16. The van der Waals surface area contributed by atoms with Gasteiger partial charge >= 0.3 is 12.0 Å². The molecule has 3 rings (SSSR count). The van der Waals surface area contributed by atoms with Crippen LogP contribution in [-0.2, 0) is 16.1 Å². The van der Waals surface area contributed by atoms with Gasteiger partial charge in [0, 0.05) is 10.7 Å². The Hall–Kier alpha value is -3.70. The zero-order valence-electron chi connectivity index (χ0n) is 21.2. The Balaban J connectivity index is 1.88. The number of rotatable bonds is 9. The summed E-state index contributed by atoms with van der Waals surface area (Å²) in [6.45, 7) is 3.84. The lowest BCUT2D eigenvalue weighted by atomic mass is 9.97. The molecular weight excluding hydrogens is 517 g/mol. The highest BCUT2D eigenvalue weighted by Gasteiger charge is 2.34. The Labute approximate surface area is 225 Å². The number of nitrogens with zero attached hydrogens (tertiary/aromatic N) is 2. The number of aliphatic imine (C=N–C) groups is 1. The van der Waals surface area contributed by atoms with Crippen molar-refractivity contribution in [2.24, 2.45) is 10.9 Å². The number of carboxylic acid groups (broad SMARTS) is 1. The van der Waals surface area contributed by atoms with Gasteiger partial charge in [-0.3, -0.25) is 25.0 Å². The number of nitrogens with one attached hydrogen (secondary N) is 2. The first-order valence-electron chi connectivity index (χ1n) is 12.2. The maximum atomic E-state index is 14.4. The fourth-order valence-corrected chi connectivity index (χ4v) is 4.33. The predicted molar refractivity (Wildman–Crippen MR) is 141 cm³/mol. The van der Waals surface area contributed by atoms with E-state index in [2.05, 4.69) is 15.8 Å². The summed E-state index contributed by atoms with van der Waals surface area (Å²) in [5.74, 6) is -2.76. The van der Waals surface area contributed by atoms with Crippen molar-refractivity contribution in [2.75, 3.05) is 25.4 Å². The molecule has 10 nitrogen and oxygen atoms in total. The Morgan fingerprint density at radius 2 is 2.05 bits per heavy atom. The largest absolute Gasteiger partial charge is 0.478 e. The summed E-state index contributed by atoms with van der Waals surface area (Å²) in [7, 11) is 0. The van der Waals surface area contributed by atoms with E-state index in [1.54, 1.807) is 13.0 Å². The summed E-state index contributed by atoms with van der Waals surface area (Å²) in [6.07, 6.45) is 1.19. The highest BCUT2D eigenvalue weighted by molar-refractivity contribution is 6.30. The number of nitrogens with two attached hydrogens (primary N) is 1. The number of nitrogen functional groups attached to an aromatic ring is 1. The van der Waals surface area contributed by atoms with Crippen LogP contribution in [0.5, 0.6) is 0 Å². The fraction of sp³-hybridized carbons (Fsp3) is 0.385. The van der Waals surface area contributed by atoms with Crippen LogP contribution in [0.2, 0.25) is 5.02 Å². The number of amidine groups is 1. The van der Waals surface area contributed by atoms with Crippen LogP contribution in [-0.4, -0.2) is 53.4 Å². The van der Waals surface area contributed by atoms with Crippen LogP contribution in [0.25, 0.3) is 0 Å². The van der Waals surface area contributed by atoms with Crippen molar-refractivity contribution in [3.05, 3.63) is 63.9 Å². The zero-order chi connectivity index (χ0) is 27.8. The number of carbonyl (C=O) groups excluding carboxylic acids is 2. The molecule has 12 heteroatoms. The van der Waals surface area contributed by atoms with Crippen molar-refractivity contribution in [3.8, 4) is 0 Å². The van der Waals surface area contributed by atoms with Gasteiger partial charge in [-0.1, -0.05) is 31.0 Å². The average Bonchev–Trinajstić information content (AvgIpc) is 3.03. The number of halogens is 2. The lowest BCUT2D eigenvalue weighted by molar-refractivity contribution is -0.131. The van der Waals surface area contributed by atoms with E-state index < -0.39 is 35.7 Å². The van der Waals surface area contributed by atoms with E-state index in [1.807, 2.05) is 6.92 Å². The number of aromatic carboxylic acids is 1. The standard InChI is InChI=1S/C26H31ClFN5O5/c1-3-5-22(15-6-8-19(25(35)36)21(29)12-15)31-26(37)33-14-23(32-38-4-2)30-13-17(24(33)34)10-16-11-18(27)7-9-20(16)28/h6-9,11-12,17,22H,3-5,10,13-14,29H2,1-2H3,(H,30,32)(H,31,37)(H,35,36)/t17-,22-/m1/s1. The monoisotopic (exact) mass is 547 g/mol. The van der Waals surface area contributed by atoms with Gasteiger partial charge in [0.15, 0.2) is 0 Å². The van der Waals surface area contributed by atoms with E-state index in [0.29, 0.717) is 30.0 Å². The molecule has 0 aliphatic carbocycles. The molecule has 0 saturated carbocycles. The van der Waals surface area contributed by atoms with Gasteiger partial charge in [0.2, 0.25) is 5.91 Å². The number of hydroxylamine groups is 1. The SMILES string of the molecule is CCC[C@@H](NC(=O)N1CC(NOCC)=NC[C@@H](Cc2cc(Cl)ccc2F)C1=O)c1ccc(C(=O)O)c(N)c1. The molecule has 0 fully saturated rings. The number of benzene rings is 2. The Morgan fingerprint density at radius 1 is 1.29 bits per heavy atom. The Kier molecular flexibility index (Phi) is 10.0. The third kappa shape index (κ3) is 7.20. The second kappa shape index (κ2) is 13.2. The Bertz CT molecular complexity index is 1220. The highest BCUT2D eigenvalue weighted by atomic mass is 35.5. The van der Waals surface area contributed by atoms with E-state index >= 15 is 0 Å². The number of imide groups is 1. The van der Waals surface area contributed by atoms with Gasteiger partial charge in [0.25, 0.3) is 0 Å². The number of hydrogen-bond donors (Lipinski definition) is 4. The molecule has 2 aromatic carbocycles. The number of carboxylic acids is 1. The van der Waals surface area contributed by atoms with Gasteiger partial charge in [0.05, 0.1) is 37.2 Å². The number of amides is 3. The van der Waals surface area contributed by atoms with Crippen molar-refractivity contribution in [1.29, 1.82) is 0 Å². The molecule has 0 spiro atoms. The smallest absolute Gasteiger partial charge is 0.337 e. The topological polar surface area (TPSA) is 146 Å². The molecule has 0 bridgehead atoms. The van der Waals surface area contributed by atoms with Crippen molar-refractivity contribution >= 4 is 41.0 Å². The van der Waals surface area contributed by atoms with Crippen molar-refractivity contribution in [2.45, 2.75) is 39.2 Å². The van der Waals surface area contributed by atoms with Gasteiger partial charge in [-0.15, -0.1) is 0 Å². The number of anilines is 1. The van der Waals surface area contributed by atoms with Crippen LogP contribution < -0.4 is 16.5 Å². The van der Waals surface area contributed by atoms with Gasteiger partial charge < -0.3 is 16.2 Å². The van der Waals surface area contributed by atoms with Gasteiger partial charge in [0.1, 0.15) is 11.7 Å². The predicted octanol–water partition coefficient (Wildman–Crippen LogP) is 3.95. The number of urea groups is 1. The zero-order valence-corrected chi connectivity index (χ0v) is 21.9. The highest BCUT2D eigenvalue weighted by Crippen LogP contribution is 2.25. The van der Waals surface area contributed by atoms with Gasteiger partial charge in [-0.05, 0) is 61.2 Å². The summed E-state index contributed by atoms with van der Waals surface area (Å²) in [4.78, 5) is 49.0. The third-order valence-corrected chi connectivity index (χ3v) is 6.30. The third-order valence-electron chi connectivity index (χ3n) is 6.06. The molecule has 0 radical (unpaired) electrons. The summed E-state index contributed by atoms with van der Waals surface area (Å²) in [5, 5.41) is 12.5. The van der Waals surface area contributed by atoms with Gasteiger partial charge in [-0.25, -0.2) is 14.0 Å². The molecule has 3 amide bonds.